The number of tetrazole rings is 1. The fourth-order valence-corrected chi connectivity index (χ4v) is 2.65. The second-order valence-corrected chi connectivity index (χ2v) is 5.57. The number of nitrogens with two attached hydrogens (primary N) is 1. The van der Waals surface area contributed by atoms with Crippen molar-refractivity contribution < 1.29 is 4.79 Å². The Kier molecular flexibility index (Phi) is 3.42. The molecule has 0 unspecified atom stereocenters. The van der Waals surface area contributed by atoms with E-state index in [4.69, 9.17) is 5.73 Å². The summed E-state index contributed by atoms with van der Waals surface area (Å²) in [5.41, 5.74) is 7.95. The first kappa shape index (κ1) is 13.7. The van der Waals surface area contributed by atoms with E-state index < -0.39 is 5.54 Å². The average Bonchev–Trinajstić information content (AvgIpc) is 3.13. The highest BCUT2D eigenvalue weighted by Crippen LogP contribution is 2.29. The predicted molar refractivity (Wildman–Crippen MR) is 77.9 cm³/mol. The summed E-state index contributed by atoms with van der Waals surface area (Å²) in [6.45, 7) is 1.94. The van der Waals surface area contributed by atoms with Crippen LogP contribution in [0, 0.1) is 6.92 Å². The fourth-order valence-electron chi connectivity index (χ4n) is 2.65. The summed E-state index contributed by atoms with van der Waals surface area (Å²) in [7, 11) is 0. The molecule has 1 aliphatic carbocycles. The molecule has 1 fully saturated rings. The van der Waals surface area contributed by atoms with E-state index in [0.29, 0.717) is 0 Å². The van der Waals surface area contributed by atoms with Gasteiger partial charge in [0.15, 0.2) is 0 Å². The Morgan fingerprint density at radius 1 is 1.38 bits per heavy atom. The highest BCUT2D eigenvalue weighted by Gasteiger charge is 2.37. The van der Waals surface area contributed by atoms with Gasteiger partial charge in [-0.1, -0.05) is 18.9 Å². The largest absolute Gasteiger partial charge is 0.324 e. The molecule has 7 nitrogen and oxygen atoms in total. The van der Waals surface area contributed by atoms with Crippen molar-refractivity contribution in [3.8, 4) is 5.69 Å². The maximum atomic E-state index is 12.4. The van der Waals surface area contributed by atoms with Crippen molar-refractivity contribution in [2.24, 2.45) is 5.73 Å². The van der Waals surface area contributed by atoms with Crippen molar-refractivity contribution in [2.75, 3.05) is 5.32 Å². The highest BCUT2D eigenvalue weighted by molar-refractivity contribution is 5.98. The van der Waals surface area contributed by atoms with Gasteiger partial charge in [-0.15, -0.1) is 5.10 Å². The van der Waals surface area contributed by atoms with E-state index in [1.54, 1.807) is 4.68 Å². The van der Waals surface area contributed by atoms with E-state index >= 15 is 0 Å². The number of carbonyl (C=O) groups is 1. The Morgan fingerprint density at radius 2 is 2.14 bits per heavy atom. The lowest BCUT2D eigenvalue weighted by molar-refractivity contribution is -0.121. The Bertz CT molecular complexity index is 645. The quantitative estimate of drug-likeness (QED) is 0.882. The Labute approximate surface area is 122 Å². The molecular weight excluding hydrogens is 268 g/mol. The number of aromatic nitrogens is 4. The van der Waals surface area contributed by atoms with Crippen LogP contribution in [-0.2, 0) is 4.79 Å². The van der Waals surface area contributed by atoms with Crippen LogP contribution in [0.5, 0.6) is 0 Å². The van der Waals surface area contributed by atoms with Crippen molar-refractivity contribution in [3.63, 3.8) is 0 Å². The topological polar surface area (TPSA) is 98.7 Å². The average molecular weight is 286 g/mol. The Hall–Kier alpha value is -2.28. The molecule has 0 radical (unpaired) electrons. The number of hydrogen-bond donors (Lipinski definition) is 2. The van der Waals surface area contributed by atoms with Crippen molar-refractivity contribution in [1.29, 1.82) is 0 Å². The first-order valence-electron chi connectivity index (χ1n) is 7.03. The predicted octanol–water partition coefficient (Wildman–Crippen LogP) is 1.18. The lowest BCUT2D eigenvalue weighted by atomic mass is 9.98. The molecule has 1 saturated carbocycles. The monoisotopic (exact) mass is 286 g/mol. The van der Waals surface area contributed by atoms with Gasteiger partial charge in [0.05, 0.1) is 11.2 Å². The SMILES string of the molecule is Cc1ccc(-n2cnnn2)cc1NC(=O)C1(N)CCCC1. The molecule has 3 rings (SSSR count). The smallest absolute Gasteiger partial charge is 0.244 e. The van der Waals surface area contributed by atoms with Crippen LogP contribution in [0.1, 0.15) is 31.2 Å². The zero-order chi connectivity index (χ0) is 14.9. The summed E-state index contributed by atoms with van der Waals surface area (Å²) in [5, 5.41) is 14.0. The van der Waals surface area contributed by atoms with Crippen LogP contribution in [0.15, 0.2) is 24.5 Å². The number of carbonyl (C=O) groups excluding carboxylic acids is 1. The third kappa shape index (κ3) is 2.64. The van der Waals surface area contributed by atoms with Crippen LogP contribution in [0.4, 0.5) is 5.69 Å². The molecule has 0 spiro atoms. The molecule has 1 amide bonds. The molecule has 1 heterocycles. The number of nitrogens with zero attached hydrogens (tertiary/aromatic N) is 4. The van der Waals surface area contributed by atoms with E-state index in [0.717, 1.165) is 42.6 Å². The maximum Gasteiger partial charge on any atom is 0.244 e. The van der Waals surface area contributed by atoms with Crippen molar-refractivity contribution in [1.82, 2.24) is 20.2 Å². The summed E-state index contributed by atoms with van der Waals surface area (Å²) < 4.78 is 1.54. The zero-order valence-corrected chi connectivity index (χ0v) is 11.9. The van der Waals surface area contributed by atoms with E-state index in [2.05, 4.69) is 20.8 Å². The second kappa shape index (κ2) is 5.25. The molecule has 0 atom stereocenters. The minimum atomic E-state index is -0.739. The molecule has 21 heavy (non-hydrogen) atoms. The van der Waals surface area contributed by atoms with Crippen LogP contribution < -0.4 is 11.1 Å². The molecule has 3 N–H and O–H groups in total. The van der Waals surface area contributed by atoms with Gasteiger partial charge in [-0.25, -0.2) is 4.68 Å². The van der Waals surface area contributed by atoms with Crippen LogP contribution in [0.25, 0.3) is 5.69 Å². The minimum absolute atomic E-state index is 0.114. The molecule has 1 aliphatic rings. The molecule has 0 aliphatic heterocycles. The molecule has 0 bridgehead atoms. The van der Waals surface area contributed by atoms with Crippen molar-refractivity contribution >= 4 is 11.6 Å². The number of rotatable bonds is 3. The number of hydrogen-bond acceptors (Lipinski definition) is 5. The van der Waals surface area contributed by atoms with Gasteiger partial charge in [0.2, 0.25) is 5.91 Å². The standard InChI is InChI=1S/C14H18N6O/c1-10-4-5-11(20-9-16-18-19-20)8-12(10)17-13(21)14(15)6-2-3-7-14/h4-5,8-9H,2-3,6-7,15H2,1H3,(H,17,21). The summed E-state index contributed by atoms with van der Waals surface area (Å²) in [5.74, 6) is -0.114. The molecule has 7 heteroatoms. The summed E-state index contributed by atoms with van der Waals surface area (Å²) in [4.78, 5) is 12.4. The van der Waals surface area contributed by atoms with Crippen LogP contribution >= 0.6 is 0 Å². The molecular formula is C14H18N6O. The number of aryl methyl sites for hydroxylation is 1. The van der Waals surface area contributed by atoms with Crippen molar-refractivity contribution in [2.45, 2.75) is 38.1 Å². The molecule has 110 valence electrons. The van der Waals surface area contributed by atoms with Gasteiger partial charge in [-0.2, -0.15) is 0 Å². The Balaban J connectivity index is 1.85. The van der Waals surface area contributed by atoms with Gasteiger partial charge in [0.25, 0.3) is 0 Å². The van der Waals surface area contributed by atoms with E-state index in [1.807, 2.05) is 25.1 Å². The third-order valence-corrected chi connectivity index (χ3v) is 4.03. The van der Waals surface area contributed by atoms with E-state index in [9.17, 15) is 4.79 Å². The van der Waals surface area contributed by atoms with Crippen molar-refractivity contribution in [3.05, 3.63) is 30.1 Å². The van der Waals surface area contributed by atoms with Gasteiger partial charge in [0, 0.05) is 5.69 Å². The zero-order valence-electron chi connectivity index (χ0n) is 11.9. The lowest BCUT2D eigenvalue weighted by Gasteiger charge is -2.23. The van der Waals surface area contributed by atoms with Gasteiger partial charge < -0.3 is 11.1 Å². The number of anilines is 1. The summed E-state index contributed by atoms with van der Waals surface area (Å²) >= 11 is 0. The molecule has 1 aromatic heterocycles. The number of nitrogens with one attached hydrogen (secondary N) is 1. The van der Waals surface area contributed by atoms with Gasteiger partial charge in [0.1, 0.15) is 6.33 Å². The number of benzene rings is 1. The van der Waals surface area contributed by atoms with Gasteiger partial charge in [-0.3, -0.25) is 4.79 Å². The maximum absolute atomic E-state index is 12.4. The molecule has 1 aromatic carbocycles. The first-order valence-corrected chi connectivity index (χ1v) is 7.03. The summed E-state index contributed by atoms with van der Waals surface area (Å²) in [6.07, 6.45) is 5.01. The van der Waals surface area contributed by atoms with Gasteiger partial charge in [-0.05, 0) is 47.9 Å². The number of amides is 1. The van der Waals surface area contributed by atoms with Crippen LogP contribution in [0.2, 0.25) is 0 Å². The first-order chi connectivity index (χ1) is 10.1. The van der Waals surface area contributed by atoms with Crippen LogP contribution in [0.3, 0.4) is 0 Å². The second-order valence-electron chi connectivity index (χ2n) is 5.57. The van der Waals surface area contributed by atoms with Gasteiger partial charge >= 0.3 is 0 Å². The van der Waals surface area contributed by atoms with E-state index in [1.165, 1.54) is 6.33 Å². The summed E-state index contributed by atoms with van der Waals surface area (Å²) in [6, 6.07) is 5.67. The lowest BCUT2D eigenvalue weighted by Crippen LogP contribution is -2.48. The third-order valence-electron chi connectivity index (χ3n) is 4.03. The van der Waals surface area contributed by atoms with E-state index in [-0.39, 0.29) is 5.91 Å². The minimum Gasteiger partial charge on any atom is -0.324 e. The molecule has 0 saturated heterocycles. The fraction of sp³-hybridized carbons (Fsp3) is 0.429. The highest BCUT2D eigenvalue weighted by atomic mass is 16.2. The van der Waals surface area contributed by atoms with Crippen LogP contribution in [-0.4, -0.2) is 31.7 Å². The normalized spacial score (nSPS) is 16.9. The Morgan fingerprint density at radius 3 is 2.81 bits per heavy atom. The molecule has 2 aromatic rings.